The molecule has 0 spiro atoms. The lowest BCUT2D eigenvalue weighted by atomic mass is 9.90. The molecule has 1 rings (SSSR count). The molecule has 0 fully saturated rings. The van der Waals surface area contributed by atoms with Crippen LogP contribution in [-0.4, -0.2) is 22.8 Å². The standard InChI is InChI=1S/C13H20FNO2/c1-12(2,17-4)7-8-13(3,16)11-6-5-10(14)9-15-11/h5-6,9,16H,7-8H2,1-4H3. The molecule has 1 aromatic rings. The van der Waals surface area contributed by atoms with Crippen molar-refractivity contribution < 1.29 is 14.2 Å². The number of aromatic nitrogens is 1. The summed E-state index contributed by atoms with van der Waals surface area (Å²) in [4.78, 5) is 3.91. The first-order valence-electron chi connectivity index (χ1n) is 5.66. The second-order valence-corrected chi connectivity index (χ2v) is 5.10. The van der Waals surface area contributed by atoms with Crippen molar-refractivity contribution in [3.8, 4) is 0 Å². The smallest absolute Gasteiger partial charge is 0.141 e. The highest BCUT2D eigenvalue weighted by Gasteiger charge is 2.28. The molecule has 0 aromatic carbocycles. The molecule has 1 N–H and O–H groups in total. The van der Waals surface area contributed by atoms with E-state index in [1.807, 2.05) is 13.8 Å². The van der Waals surface area contributed by atoms with Gasteiger partial charge in [-0.25, -0.2) is 4.39 Å². The van der Waals surface area contributed by atoms with Gasteiger partial charge < -0.3 is 9.84 Å². The molecule has 1 atom stereocenters. The van der Waals surface area contributed by atoms with Crippen LogP contribution in [0.25, 0.3) is 0 Å². The van der Waals surface area contributed by atoms with Crippen LogP contribution in [0.4, 0.5) is 4.39 Å². The highest BCUT2D eigenvalue weighted by molar-refractivity contribution is 5.12. The van der Waals surface area contributed by atoms with Gasteiger partial charge in [0.2, 0.25) is 0 Å². The number of nitrogens with zero attached hydrogens (tertiary/aromatic N) is 1. The molecule has 0 bridgehead atoms. The summed E-state index contributed by atoms with van der Waals surface area (Å²) in [6, 6.07) is 2.81. The minimum absolute atomic E-state index is 0.288. The van der Waals surface area contributed by atoms with Crippen LogP contribution in [0.5, 0.6) is 0 Å². The van der Waals surface area contributed by atoms with E-state index in [-0.39, 0.29) is 5.60 Å². The molecule has 0 aliphatic carbocycles. The number of aliphatic hydroxyl groups is 1. The summed E-state index contributed by atoms with van der Waals surface area (Å²) in [6.07, 6.45) is 2.31. The van der Waals surface area contributed by atoms with E-state index in [9.17, 15) is 9.50 Å². The average Bonchev–Trinajstić information content (AvgIpc) is 2.27. The fourth-order valence-corrected chi connectivity index (χ4v) is 1.47. The van der Waals surface area contributed by atoms with Crippen molar-refractivity contribution in [2.75, 3.05) is 7.11 Å². The summed E-state index contributed by atoms with van der Waals surface area (Å²) in [5.41, 5.74) is -0.876. The zero-order valence-electron chi connectivity index (χ0n) is 10.8. The van der Waals surface area contributed by atoms with Gasteiger partial charge in [-0.2, -0.15) is 0 Å². The van der Waals surface area contributed by atoms with Crippen LogP contribution in [0, 0.1) is 5.82 Å². The van der Waals surface area contributed by atoms with Crippen molar-refractivity contribution >= 4 is 0 Å². The summed E-state index contributed by atoms with van der Waals surface area (Å²) < 4.78 is 18.0. The summed E-state index contributed by atoms with van der Waals surface area (Å²) in [5.74, 6) is -0.401. The molecule has 0 radical (unpaired) electrons. The van der Waals surface area contributed by atoms with Gasteiger partial charge in [-0.1, -0.05) is 0 Å². The van der Waals surface area contributed by atoms with Crippen molar-refractivity contribution in [1.29, 1.82) is 0 Å². The van der Waals surface area contributed by atoms with Crippen molar-refractivity contribution in [2.24, 2.45) is 0 Å². The highest BCUT2D eigenvalue weighted by atomic mass is 19.1. The van der Waals surface area contributed by atoms with E-state index in [0.29, 0.717) is 18.5 Å². The Balaban J connectivity index is 2.71. The molecule has 96 valence electrons. The second kappa shape index (κ2) is 5.10. The van der Waals surface area contributed by atoms with E-state index in [0.717, 1.165) is 6.20 Å². The van der Waals surface area contributed by atoms with Crippen LogP contribution < -0.4 is 0 Å². The van der Waals surface area contributed by atoms with Gasteiger partial charge in [0.15, 0.2) is 0 Å². The third kappa shape index (κ3) is 4.06. The topological polar surface area (TPSA) is 42.4 Å². The minimum atomic E-state index is -1.07. The molecule has 1 aromatic heterocycles. The first kappa shape index (κ1) is 14.1. The normalized spacial score (nSPS) is 15.6. The molecule has 0 aliphatic rings. The predicted molar refractivity (Wildman–Crippen MR) is 64.1 cm³/mol. The third-order valence-corrected chi connectivity index (χ3v) is 3.05. The SMILES string of the molecule is COC(C)(C)CCC(C)(O)c1ccc(F)cn1. The van der Waals surface area contributed by atoms with Gasteiger partial charge in [0.1, 0.15) is 11.4 Å². The molecule has 0 saturated carbocycles. The number of pyridine rings is 1. The van der Waals surface area contributed by atoms with Gasteiger partial charge in [-0.05, 0) is 45.7 Å². The number of ether oxygens (including phenoxy) is 1. The lowest BCUT2D eigenvalue weighted by Crippen LogP contribution is -2.29. The Hall–Kier alpha value is -1.00. The number of hydrogen-bond acceptors (Lipinski definition) is 3. The lowest BCUT2D eigenvalue weighted by Gasteiger charge is -2.29. The second-order valence-electron chi connectivity index (χ2n) is 5.10. The fraction of sp³-hybridized carbons (Fsp3) is 0.615. The predicted octanol–water partition coefficient (Wildman–Crippen LogP) is 2.63. The molecule has 3 nitrogen and oxygen atoms in total. The van der Waals surface area contributed by atoms with Gasteiger partial charge in [-0.15, -0.1) is 0 Å². The Labute approximate surface area is 102 Å². The summed E-state index contributed by atoms with van der Waals surface area (Å²) in [5, 5.41) is 10.3. The first-order chi connectivity index (χ1) is 7.77. The highest BCUT2D eigenvalue weighted by Crippen LogP contribution is 2.28. The monoisotopic (exact) mass is 241 g/mol. The van der Waals surface area contributed by atoms with Crippen molar-refractivity contribution in [3.05, 3.63) is 29.8 Å². The van der Waals surface area contributed by atoms with Gasteiger partial charge in [0.25, 0.3) is 0 Å². The molecular weight excluding hydrogens is 221 g/mol. The van der Waals surface area contributed by atoms with Crippen molar-refractivity contribution in [2.45, 2.75) is 44.8 Å². The maximum Gasteiger partial charge on any atom is 0.141 e. The maximum absolute atomic E-state index is 12.7. The molecule has 1 heterocycles. The van der Waals surface area contributed by atoms with Gasteiger partial charge >= 0.3 is 0 Å². The fourth-order valence-electron chi connectivity index (χ4n) is 1.47. The van der Waals surface area contributed by atoms with Crippen molar-refractivity contribution in [3.63, 3.8) is 0 Å². The largest absolute Gasteiger partial charge is 0.384 e. The van der Waals surface area contributed by atoms with E-state index in [1.54, 1.807) is 14.0 Å². The first-order valence-corrected chi connectivity index (χ1v) is 5.66. The Morgan fingerprint density at radius 1 is 1.29 bits per heavy atom. The Morgan fingerprint density at radius 2 is 1.94 bits per heavy atom. The van der Waals surface area contributed by atoms with Crippen molar-refractivity contribution in [1.82, 2.24) is 4.98 Å². The van der Waals surface area contributed by atoms with Crippen LogP contribution in [0.1, 0.15) is 39.3 Å². The number of methoxy groups -OCH3 is 1. The zero-order valence-corrected chi connectivity index (χ0v) is 10.8. The van der Waals surface area contributed by atoms with Crippen LogP contribution in [-0.2, 0) is 10.3 Å². The summed E-state index contributed by atoms with van der Waals surface area (Å²) in [6.45, 7) is 5.60. The molecule has 0 saturated heterocycles. The molecule has 4 heteroatoms. The van der Waals surface area contributed by atoms with Crippen LogP contribution in [0.2, 0.25) is 0 Å². The van der Waals surface area contributed by atoms with E-state index >= 15 is 0 Å². The Kier molecular flexibility index (Phi) is 4.22. The number of rotatable bonds is 5. The third-order valence-electron chi connectivity index (χ3n) is 3.05. The Bertz CT molecular complexity index is 360. The van der Waals surface area contributed by atoms with Gasteiger partial charge in [0, 0.05) is 7.11 Å². The molecule has 0 aliphatic heterocycles. The summed E-state index contributed by atoms with van der Waals surface area (Å²) in [7, 11) is 1.64. The number of halogens is 1. The number of hydrogen-bond donors (Lipinski definition) is 1. The van der Waals surface area contributed by atoms with Gasteiger partial charge in [0.05, 0.1) is 17.5 Å². The quantitative estimate of drug-likeness (QED) is 0.861. The van der Waals surface area contributed by atoms with E-state index in [2.05, 4.69) is 4.98 Å². The lowest BCUT2D eigenvalue weighted by molar-refractivity contribution is -0.0226. The maximum atomic E-state index is 12.7. The van der Waals surface area contributed by atoms with Crippen LogP contribution >= 0.6 is 0 Å². The van der Waals surface area contributed by atoms with E-state index in [1.165, 1.54) is 12.1 Å². The Morgan fingerprint density at radius 3 is 2.41 bits per heavy atom. The zero-order chi connectivity index (χ0) is 13.1. The van der Waals surface area contributed by atoms with E-state index in [4.69, 9.17) is 4.74 Å². The van der Waals surface area contributed by atoms with Crippen LogP contribution in [0.3, 0.4) is 0 Å². The average molecular weight is 241 g/mol. The van der Waals surface area contributed by atoms with Gasteiger partial charge in [-0.3, -0.25) is 4.98 Å². The van der Waals surface area contributed by atoms with Crippen LogP contribution in [0.15, 0.2) is 18.3 Å². The molecule has 17 heavy (non-hydrogen) atoms. The minimum Gasteiger partial charge on any atom is -0.384 e. The van der Waals surface area contributed by atoms with E-state index < -0.39 is 11.4 Å². The molecule has 0 amide bonds. The molecular formula is C13H20FNO2. The molecule has 1 unspecified atom stereocenters. The summed E-state index contributed by atoms with van der Waals surface area (Å²) >= 11 is 0.